The van der Waals surface area contributed by atoms with Crippen LogP contribution in [0.4, 0.5) is 5.69 Å². The van der Waals surface area contributed by atoms with E-state index in [9.17, 15) is 0 Å². The Morgan fingerprint density at radius 3 is 2.47 bits per heavy atom. The lowest BCUT2D eigenvalue weighted by atomic mass is 10.1. The van der Waals surface area contributed by atoms with Gasteiger partial charge in [-0.1, -0.05) is 19.9 Å². The van der Waals surface area contributed by atoms with Crippen LogP contribution in [0.2, 0.25) is 0 Å². The van der Waals surface area contributed by atoms with E-state index >= 15 is 0 Å². The van der Waals surface area contributed by atoms with Gasteiger partial charge in [0.05, 0.1) is 12.3 Å². The summed E-state index contributed by atoms with van der Waals surface area (Å²) in [5.74, 6) is 0.608. The zero-order valence-corrected chi connectivity index (χ0v) is 13.9. The lowest BCUT2D eigenvalue weighted by Gasteiger charge is -2.28. The number of benzene rings is 1. The summed E-state index contributed by atoms with van der Waals surface area (Å²) >= 11 is 3.66. The summed E-state index contributed by atoms with van der Waals surface area (Å²) in [7, 11) is 1.74. The molecule has 0 aliphatic heterocycles. The van der Waals surface area contributed by atoms with Crippen LogP contribution in [-0.2, 0) is 4.74 Å². The van der Waals surface area contributed by atoms with Gasteiger partial charge in [0.2, 0.25) is 0 Å². The van der Waals surface area contributed by atoms with Crippen molar-refractivity contribution in [3.05, 3.63) is 28.2 Å². The first-order valence-corrected chi connectivity index (χ1v) is 7.54. The molecular weight excluding hydrogens is 304 g/mol. The van der Waals surface area contributed by atoms with E-state index < -0.39 is 0 Å². The number of nitrogens with zero attached hydrogens (tertiary/aromatic N) is 1. The van der Waals surface area contributed by atoms with Gasteiger partial charge in [0.1, 0.15) is 0 Å². The number of rotatable bonds is 7. The van der Waals surface area contributed by atoms with Crippen LogP contribution in [0.5, 0.6) is 0 Å². The fourth-order valence-electron chi connectivity index (χ4n) is 2.02. The third kappa shape index (κ3) is 5.13. The molecule has 0 unspecified atom stereocenters. The average Bonchev–Trinajstić information content (AvgIpc) is 2.34. The van der Waals surface area contributed by atoms with Crippen LogP contribution in [0.1, 0.15) is 32.4 Å². The summed E-state index contributed by atoms with van der Waals surface area (Å²) in [5.41, 5.74) is 8.26. The van der Waals surface area contributed by atoms with Gasteiger partial charge in [-0.25, -0.2) is 0 Å². The molecule has 0 heterocycles. The van der Waals surface area contributed by atoms with Gasteiger partial charge in [-0.3, -0.25) is 0 Å². The second-order valence-electron chi connectivity index (χ2n) is 5.33. The fraction of sp³-hybridized carbons (Fsp3) is 0.600. The lowest BCUT2D eigenvalue weighted by molar-refractivity contribution is 0.204. The lowest BCUT2D eigenvalue weighted by Crippen LogP contribution is -2.31. The molecule has 1 aromatic rings. The molecule has 0 saturated carbocycles. The Labute approximate surface area is 125 Å². The van der Waals surface area contributed by atoms with Crippen LogP contribution in [0.25, 0.3) is 0 Å². The predicted molar refractivity (Wildman–Crippen MR) is 85.7 cm³/mol. The summed E-state index contributed by atoms with van der Waals surface area (Å²) in [4.78, 5) is 2.35. The molecule has 0 aliphatic carbocycles. The molecule has 0 bridgehead atoms. The smallest absolute Gasteiger partial charge is 0.0637 e. The van der Waals surface area contributed by atoms with Gasteiger partial charge >= 0.3 is 0 Å². The number of anilines is 1. The maximum atomic E-state index is 5.92. The van der Waals surface area contributed by atoms with Gasteiger partial charge in [0, 0.05) is 30.7 Å². The number of ether oxygens (including phenoxy) is 1. The molecule has 4 heteroatoms. The first-order chi connectivity index (χ1) is 8.95. The van der Waals surface area contributed by atoms with Gasteiger partial charge in [-0.2, -0.15) is 0 Å². The zero-order chi connectivity index (χ0) is 14.4. The Bertz CT molecular complexity index is 394. The molecule has 19 heavy (non-hydrogen) atoms. The molecule has 0 fully saturated rings. The molecule has 0 aliphatic rings. The summed E-state index contributed by atoms with van der Waals surface area (Å²) < 4.78 is 6.30. The summed E-state index contributed by atoms with van der Waals surface area (Å²) in [6.45, 7) is 9.09. The van der Waals surface area contributed by atoms with Crippen molar-refractivity contribution in [1.82, 2.24) is 0 Å². The molecule has 108 valence electrons. The van der Waals surface area contributed by atoms with Crippen molar-refractivity contribution in [2.75, 3.05) is 31.7 Å². The number of hydrogen-bond acceptors (Lipinski definition) is 3. The monoisotopic (exact) mass is 328 g/mol. The summed E-state index contributed by atoms with van der Waals surface area (Å²) in [5, 5.41) is 0. The molecule has 0 saturated heterocycles. The number of nitrogens with two attached hydrogens (primary N) is 1. The predicted octanol–water partition coefficient (Wildman–Crippen LogP) is 3.58. The first kappa shape index (κ1) is 16.5. The van der Waals surface area contributed by atoms with Crippen molar-refractivity contribution in [3.8, 4) is 0 Å². The molecule has 1 aromatic carbocycles. The minimum absolute atomic E-state index is 0.0582. The van der Waals surface area contributed by atoms with Crippen molar-refractivity contribution in [1.29, 1.82) is 0 Å². The highest BCUT2D eigenvalue weighted by Gasteiger charge is 2.13. The van der Waals surface area contributed by atoms with E-state index in [1.165, 1.54) is 5.69 Å². The van der Waals surface area contributed by atoms with Gasteiger partial charge in [0.15, 0.2) is 0 Å². The van der Waals surface area contributed by atoms with Gasteiger partial charge in [-0.05, 0) is 46.5 Å². The highest BCUT2D eigenvalue weighted by atomic mass is 79.9. The molecule has 0 radical (unpaired) electrons. The third-order valence-electron chi connectivity index (χ3n) is 2.99. The van der Waals surface area contributed by atoms with Crippen molar-refractivity contribution in [2.24, 2.45) is 11.7 Å². The number of halogens is 1. The van der Waals surface area contributed by atoms with Crippen molar-refractivity contribution < 1.29 is 4.74 Å². The Kier molecular flexibility index (Phi) is 6.83. The van der Waals surface area contributed by atoms with E-state index in [2.05, 4.69) is 52.9 Å². The second-order valence-corrected chi connectivity index (χ2v) is 6.19. The maximum Gasteiger partial charge on any atom is 0.0637 e. The standard InChI is InChI=1S/C15H25BrN2O/c1-11(2)10-18(7-8-19-4)15-6-5-13(12(3)17)9-14(15)16/h5-6,9,11-12H,7-8,10,17H2,1-4H3/t12-/m0/s1. The minimum atomic E-state index is 0.0582. The van der Waals surface area contributed by atoms with E-state index in [-0.39, 0.29) is 6.04 Å². The molecule has 0 amide bonds. The highest BCUT2D eigenvalue weighted by molar-refractivity contribution is 9.10. The van der Waals surface area contributed by atoms with Crippen LogP contribution >= 0.6 is 15.9 Å². The van der Waals surface area contributed by atoms with Crippen molar-refractivity contribution in [3.63, 3.8) is 0 Å². The van der Waals surface area contributed by atoms with E-state index in [0.717, 1.165) is 29.7 Å². The van der Waals surface area contributed by atoms with Crippen LogP contribution in [0.15, 0.2) is 22.7 Å². The van der Waals surface area contributed by atoms with Crippen molar-refractivity contribution in [2.45, 2.75) is 26.8 Å². The largest absolute Gasteiger partial charge is 0.383 e. The Hall–Kier alpha value is -0.580. The Morgan fingerprint density at radius 1 is 1.32 bits per heavy atom. The van der Waals surface area contributed by atoms with Crippen LogP contribution in [0.3, 0.4) is 0 Å². The first-order valence-electron chi connectivity index (χ1n) is 6.74. The normalized spacial score (nSPS) is 12.8. The van der Waals surface area contributed by atoms with E-state index in [4.69, 9.17) is 10.5 Å². The topological polar surface area (TPSA) is 38.5 Å². The van der Waals surface area contributed by atoms with Gasteiger partial charge in [0.25, 0.3) is 0 Å². The molecule has 0 spiro atoms. The molecule has 2 N–H and O–H groups in total. The average molecular weight is 329 g/mol. The zero-order valence-electron chi connectivity index (χ0n) is 12.3. The Morgan fingerprint density at radius 2 is 2.00 bits per heavy atom. The van der Waals surface area contributed by atoms with Gasteiger partial charge < -0.3 is 15.4 Å². The minimum Gasteiger partial charge on any atom is -0.383 e. The SMILES string of the molecule is COCCN(CC(C)C)c1ccc([C@H](C)N)cc1Br. The van der Waals surface area contributed by atoms with E-state index in [1.54, 1.807) is 7.11 Å². The van der Waals surface area contributed by atoms with Crippen LogP contribution < -0.4 is 10.6 Å². The van der Waals surface area contributed by atoms with Crippen molar-refractivity contribution >= 4 is 21.6 Å². The second kappa shape index (κ2) is 7.88. The molecule has 1 atom stereocenters. The fourth-order valence-corrected chi connectivity index (χ4v) is 2.66. The van der Waals surface area contributed by atoms with E-state index in [0.29, 0.717) is 5.92 Å². The molecule has 1 rings (SSSR count). The third-order valence-corrected chi connectivity index (χ3v) is 3.62. The van der Waals surface area contributed by atoms with Gasteiger partial charge in [-0.15, -0.1) is 0 Å². The van der Waals surface area contributed by atoms with Crippen LogP contribution in [-0.4, -0.2) is 26.8 Å². The Balaban J connectivity index is 2.94. The number of methoxy groups -OCH3 is 1. The summed E-state index contributed by atoms with van der Waals surface area (Å²) in [6.07, 6.45) is 0. The number of hydrogen-bond donors (Lipinski definition) is 1. The highest BCUT2D eigenvalue weighted by Crippen LogP contribution is 2.29. The quantitative estimate of drug-likeness (QED) is 0.831. The van der Waals surface area contributed by atoms with Crippen LogP contribution in [0, 0.1) is 5.92 Å². The molecular formula is C15H25BrN2O. The molecule has 3 nitrogen and oxygen atoms in total. The maximum absolute atomic E-state index is 5.92. The summed E-state index contributed by atoms with van der Waals surface area (Å²) in [6, 6.07) is 6.41. The van der Waals surface area contributed by atoms with E-state index in [1.807, 2.05) is 6.92 Å². The molecule has 0 aromatic heterocycles.